The zero-order valence-electron chi connectivity index (χ0n) is 14.4. The smallest absolute Gasteiger partial charge is 0.423 e. The van der Waals surface area contributed by atoms with Gasteiger partial charge in [-0.2, -0.15) is 0 Å². The zero-order valence-corrected chi connectivity index (χ0v) is 14.4. The molecular formula is C18H20BN3O4. The lowest BCUT2D eigenvalue weighted by Crippen LogP contribution is -2.41. The molecule has 3 heterocycles. The van der Waals surface area contributed by atoms with Crippen molar-refractivity contribution < 1.29 is 19.2 Å². The molecule has 4 rings (SSSR count). The van der Waals surface area contributed by atoms with E-state index in [-0.39, 0.29) is 5.91 Å². The summed E-state index contributed by atoms with van der Waals surface area (Å²) in [5, 5.41) is 12.8. The lowest BCUT2D eigenvalue weighted by Gasteiger charge is -2.28. The lowest BCUT2D eigenvalue weighted by atomic mass is 9.73. The minimum Gasteiger partial charge on any atom is -0.423 e. The van der Waals surface area contributed by atoms with Gasteiger partial charge in [0, 0.05) is 25.4 Å². The van der Waals surface area contributed by atoms with Crippen LogP contribution in [0.2, 0.25) is 0 Å². The summed E-state index contributed by atoms with van der Waals surface area (Å²) in [5.41, 5.74) is 3.67. The molecule has 2 N–H and O–H groups in total. The maximum Gasteiger partial charge on any atom is 0.491 e. The van der Waals surface area contributed by atoms with Crippen molar-refractivity contribution in [3.05, 3.63) is 47.8 Å². The summed E-state index contributed by atoms with van der Waals surface area (Å²) in [6.45, 7) is 3.56. The summed E-state index contributed by atoms with van der Waals surface area (Å²) in [7, 11) is -0.943. The van der Waals surface area contributed by atoms with Crippen molar-refractivity contribution in [1.29, 1.82) is 0 Å². The second-order valence-corrected chi connectivity index (χ2v) is 6.34. The van der Waals surface area contributed by atoms with E-state index >= 15 is 0 Å². The second-order valence-electron chi connectivity index (χ2n) is 6.34. The number of ether oxygens (including phenoxy) is 1. The summed E-state index contributed by atoms with van der Waals surface area (Å²) in [6, 6.07) is 9.11. The number of hydrogen-bond acceptors (Lipinski definition) is 6. The Bertz CT molecular complexity index is 794. The molecule has 1 aromatic carbocycles. The molecule has 0 aliphatic carbocycles. The van der Waals surface area contributed by atoms with Crippen molar-refractivity contribution in [3.8, 4) is 0 Å². The number of nitrogens with zero attached hydrogens (tertiary/aromatic N) is 2. The van der Waals surface area contributed by atoms with Crippen molar-refractivity contribution >= 4 is 29.9 Å². The van der Waals surface area contributed by atoms with Gasteiger partial charge in [-0.05, 0) is 41.7 Å². The Morgan fingerprint density at radius 2 is 2.04 bits per heavy atom. The van der Waals surface area contributed by atoms with E-state index in [4.69, 9.17) is 9.39 Å². The second kappa shape index (κ2) is 7.45. The van der Waals surface area contributed by atoms with Gasteiger partial charge in [-0.15, -0.1) is 0 Å². The van der Waals surface area contributed by atoms with Crippen LogP contribution in [0.5, 0.6) is 0 Å². The van der Waals surface area contributed by atoms with Crippen molar-refractivity contribution in [1.82, 2.24) is 4.98 Å². The fourth-order valence-electron chi connectivity index (χ4n) is 3.22. The monoisotopic (exact) mass is 353 g/mol. The van der Waals surface area contributed by atoms with E-state index in [9.17, 15) is 9.82 Å². The zero-order chi connectivity index (χ0) is 17.9. The highest BCUT2D eigenvalue weighted by molar-refractivity contribution is 6.61. The fraction of sp³-hybridized carbons (Fsp3) is 0.333. The Morgan fingerprint density at radius 1 is 1.19 bits per heavy atom. The number of anilines is 2. The number of benzene rings is 1. The van der Waals surface area contributed by atoms with Crippen LogP contribution in [0.3, 0.4) is 0 Å². The van der Waals surface area contributed by atoms with E-state index in [0.717, 1.165) is 30.8 Å². The number of morpholine rings is 1. The number of pyridine rings is 1. The van der Waals surface area contributed by atoms with Gasteiger partial charge in [0.1, 0.15) is 5.69 Å². The van der Waals surface area contributed by atoms with E-state index in [2.05, 4.69) is 15.2 Å². The minimum atomic E-state index is -0.943. The molecule has 1 fully saturated rings. The van der Waals surface area contributed by atoms with Gasteiger partial charge in [0.15, 0.2) is 0 Å². The van der Waals surface area contributed by atoms with Crippen LogP contribution in [0.4, 0.5) is 11.4 Å². The fourth-order valence-corrected chi connectivity index (χ4v) is 3.22. The molecule has 2 aromatic rings. The Hall–Kier alpha value is -2.42. The highest BCUT2D eigenvalue weighted by atomic mass is 16.5. The van der Waals surface area contributed by atoms with E-state index < -0.39 is 7.12 Å². The Kier molecular flexibility index (Phi) is 4.88. The van der Waals surface area contributed by atoms with E-state index in [1.807, 2.05) is 18.2 Å². The van der Waals surface area contributed by atoms with E-state index in [1.165, 1.54) is 0 Å². The molecule has 0 spiro atoms. The van der Waals surface area contributed by atoms with Crippen LogP contribution in [0.25, 0.3) is 0 Å². The van der Waals surface area contributed by atoms with Crippen LogP contribution < -0.4 is 15.7 Å². The third-order valence-corrected chi connectivity index (χ3v) is 4.67. The number of hydrogen-bond donors (Lipinski definition) is 2. The first-order valence-electron chi connectivity index (χ1n) is 8.73. The highest BCUT2D eigenvalue weighted by Gasteiger charge is 2.25. The van der Waals surface area contributed by atoms with Gasteiger partial charge in [-0.25, -0.2) is 4.98 Å². The summed E-state index contributed by atoms with van der Waals surface area (Å²) >= 11 is 0. The van der Waals surface area contributed by atoms with Gasteiger partial charge in [0.2, 0.25) is 0 Å². The third kappa shape index (κ3) is 3.57. The van der Waals surface area contributed by atoms with Gasteiger partial charge in [-0.1, -0.05) is 6.07 Å². The van der Waals surface area contributed by atoms with Crippen LogP contribution in [0.1, 0.15) is 16.1 Å². The maximum atomic E-state index is 12.5. The summed E-state index contributed by atoms with van der Waals surface area (Å²) < 4.78 is 10.6. The molecule has 134 valence electrons. The molecule has 2 aliphatic rings. The van der Waals surface area contributed by atoms with Gasteiger partial charge in [-0.3, -0.25) is 4.79 Å². The van der Waals surface area contributed by atoms with Crippen molar-refractivity contribution in [2.45, 2.75) is 6.42 Å². The molecule has 1 amide bonds. The number of carbonyl (C=O) groups excluding carboxylic acids is 1. The number of carbonyl (C=O) groups is 1. The first-order valence-corrected chi connectivity index (χ1v) is 8.73. The summed E-state index contributed by atoms with van der Waals surface area (Å²) in [4.78, 5) is 18.9. The number of nitrogens with one attached hydrogen (secondary N) is 1. The molecule has 0 saturated carbocycles. The minimum absolute atomic E-state index is 0.287. The maximum absolute atomic E-state index is 12.5. The Labute approximate surface area is 152 Å². The van der Waals surface area contributed by atoms with Gasteiger partial charge >= 0.3 is 7.12 Å². The molecule has 0 unspecified atom stereocenters. The average Bonchev–Trinajstić information content (AvgIpc) is 2.69. The first-order chi connectivity index (χ1) is 12.7. The first kappa shape index (κ1) is 17.0. The number of rotatable bonds is 3. The Balaban J connectivity index is 1.45. The quantitative estimate of drug-likeness (QED) is 0.779. The highest BCUT2D eigenvalue weighted by Crippen LogP contribution is 2.16. The summed E-state index contributed by atoms with van der Waals surface area (Å²) in [6.07, 6.45) is 2.47. The molecule has 1 saturated heterocycles. The molecule has 0 atom stereocenters. The molecule has 0 bridgehead atoms. The summed E-state index contributed by atoms with van der Waals surface area (Å²) in [5.74, 6) is -0.287. The van der Waals surface area contributed by atoms with Crippen LogP contribution in [0.15, 0.2) is 36.5 Å². The normalized spacial score (nSPS) is 17.0. The Morgan fingerprint density at radius 3 is 2.81 bits per heavy atom. The predicted octanol–water partition coefficient (Wildman–Crippen LogP) is 0.431. The van der Waals surface area contributed by atoms with E-state index in [1.54, 1.807) is 18.3 Å². The van der Waals surface area contributed by atoms with Crippen molar-refractivity contribution in [3.63, 3.8) is 0 Å². The molecule has 8 heteroatoms. The largest absolute Gasteiger partial charge is 0.491 e. The topological polar surface area (TPSA) is 83.9 Å². The molecule has 26 heavy (non-hydrogen) atoms. The molecular weight excluding hydrogens is 333 g/mol. The average molecular weight is 353 g/mol. The van der Waals surface area contributed by atoms with Crippen LogP contribution in [-0.2, 0) is 15.8 Å². The number of fused-ring (bicyclic) bond motifs is 1. The lowest BCUT2D eigenvalue weighted by molar-refractivity contribution is 0.102. The standard InChI is InChI=1S/C18H20BN3O4/c23-18(17-4-3-15(12-20-17)22-6-9-25-10-7-22)21-14-2-1-13-5-8-26-19(24)16(13)11-14/h1-4,11-12,24H,5-10H2,(H,21,23). The van der Waals surface area contributed by atoms with E-state index in [0.29, 0.717) is 36.7 Å². The SMILES string of the molecule is O=C(Nc1ccc2c(c1)B(O)OCC2)c1ccc(N2CCOCC2)cn1. The number of amides is 1. The molecule has 2 aliphatic heterocycles. The van der Waals surface area contributed by atoms with Crippen LogP contribution in [0, 0.1) is 0 Å². The van der Waals surface area contributed by atoms with Crippen molar-refractivity contribution in [2.24, 2.45) is 0 Å². The van der Waals surface area contributed by atoms with Crippen LogP contribution >= 0.6 is 0 Å². The molecule has 0 radical (unpaired) electrons. The predicted molar refractivity (Wildman–Crippen MR) is 98.9 cm³/mol. The van der Waals surface area contributed by atoms with Crippen LogP contribution in [-0.4, -0.2) is 55.9 Å². The van der Waals surface area contributed by atoms with Crippen molar-refractivity contribution in [2.75, 3.05) is 43.1 Å². The van der Waals surface area contributed by atoms with Gasteiger partial charge in [0.25, 0.3) is 5.91 Å². The number of aromatic nitrogens is 1. The molecule has 1 aromatic heterocycles. The van der Waals surface area contributed by atoms with Gasteiger partial charge < -0.3 is 24.6 Å². The van der Waals surface area contributed by atoms with Gasteiger partial charge in [0.05, 0.1) is 25.1 Å². The molecule has 7 nitrogen and oxygen atoms in total. The third-order valence-electron chi connectivity index (χ3n) is 4.67.